The summed E-state index contributed by atoms with van der Waals surface area (Å²) in [6, 6.07) is 9.12. The molecule has 1 N–H and O–H groups in total. The minimum absolute atomic E-state index is 0.0506. The van der Waals surface area contributed by atoms with Gasteiger partial charge in [0.2, 0.25) is 5.91 Å². The predicted molar refractivity (Wildman–Crippen MR) is 108 cm³/mol. The summed E-state index contributed by atoms with van der Waals surface area (Å²) in [7, 11) is 0. The number of allylic oxidation sites excluding steroid dienone is 2. The van der Waals surface area contributed by atoms with E-state index in [9.17, 15) is 9.59 Å². The number of ketones is 1. The molecule has 0 spiro atoms. The van der Waals surface area contributed by atoms with E-state index in [1.165, 1.54) is 11.8 Å². The van der Waals surface area contributed by atoms with E-state index in [4.69, 9.17) is 9.15 Å². The summed E-state index contributed by atoms with van der Waals surface area (Å²) < 4.78 is 10.9. The molecule has 7 heteroatoms. The standard InChI is InChI=1S/C21H24N2O4S/c1-15(18-6-4-10-27-18)21(20(25)16-7-11-26-12-8-16)28-14-23-19(24)13-17-5-2-3-9-22-17/h2-6,9-10,16H,7-8,11-14H2,1H3,(H,23,24)/b21-15+. The van der Waals surface area contributed by atoms with Crippen LogP contribution in [0, 0.1) is 5.92 Å². The first kappa shape index (κ1) is 20.4. The van der Waals surface area contributed by atoms with Crippen LogP contribution in [0.4, 0.5) is 0 Å². The quantitative estimate of drug-likeness (QED) is 0.540. The Labute approximate surface area is 168 Å². The Hall–Kier alpha value is -2.38. The molecule has 1 aliphatic rings. The second kappa shape index (κ2) is 10.2. The van der Waals surface area contributed by atoms with Gasteiger partial charge in [-0.1, -0.05) is 6.07 Å². The van der Waals surface area contributed by atoms with E-state index in [0.717, 1.165) is 18.4 Å². The van der Waals surface area contributed by atoms with Crippen LogP contribution in [0.3, 0.4) is 0 Å². The van der Waals surface area contributed by atoms with Crippen molar-refractivity contribution in [1.29, 1.82) is 0 Å². The van der Waals surface area contributed by atoms with Crippen molar-refractivity contribution < 1.29 is 18.7 Å². The molecule has 0 saturated carbocycles. The summed E-state index contributed by atoms with van der Waals surface area (Å²) in [5.41, 5.74) is 1.51. The van der Waals surface area contributed by atoms with Crippen molar-refractivity contribution in [3.63, 3.8) is 0 Å². The number of carbonyl (C=O) groups is 2. The number of aromatic nitrogens is 1. The third kappa shape index (κ3) is 5.56. The van der Waals surface area contributed by atoms with Crippen LogP contribution in [-0.2, 0) is 20.7 Å². The molecule has 0 radical (unpaired) electrons. The van der Waals surface area contributed by atoms with Crippen LogP contribution in [-0.4, -0.2) is 35.8 Å². The van der Waals surface area contributed by atoms with E-state index in [2.05, 4.69) is 10.3 Å². The van der Waals surface area contributed by atoms with E-state index in [1.54, 1.807) is 18.5 Å². The van der Waals surface area contributed by atoms with Gasteiger partial charge >= 0.3 is 0 Å². The average molecular weight is 401 g/mol. The molecule has 0 atom stereocenters. The number of furan rings is 1. The molecule has 3 rings (SSSR count). The van der Waals surface area contributed by atoms with Gasteiger partial charge in [-0.05, 0) is 44.0 Å². The van der Waals surface area contributed by atoms with Crippen LogP contribution in [0.2, 0.25) is 0 Å². The summed E-state index contributed by atoms with van der Waals surface area (Å²) in [6.45, 7) is 3.10. The molecule has 2 aromatic rings. The molecule has 0 aliphatic carbocycles. The van der Waals surface area contributed by atoms with Gasteiger partial charge in [0.1, 0.15) is 5.76 Å². The van der Waals surface area contributed by atoms with Crippen LogP contribution >= 0.6 is 11.8 Å². The molecule has 0 aromatic carbocycles. The molecule has 6 nitrogen and oxygen atoms in total. The normalized spacial score (nSPS) is 15.8. The van der Waals surface area contributed by atoms with Crippen LogP contribution in [0.5, 0.6) is 0 Å². The Morgan fingerprint density at radius 3 is 2.71 bits per heavy atom. The van der Waals surface area contributed by atoms with Gasteiger partial charge in [0.25, 0.3) is 0 Å². The fourth-order valence-corrected chi connectivity index (χ4v) is 4.04. The number of amides is 1. The zero-order valence-corrected chi connectivity index (χ0v) is 16.7. The zero-order valence-electron chi connectivity index (χ0n) is 15.8. The number of hydrogen-bond acceptors (Lipinski definition) is 6. The van der Waals surface area contributed by atoms with E-state index < -0.39 is 0 Å². The van der Waals surface area contributed by atoms with Gasteiger partial charge in [-0.15, -0.1) is 11.8 Å². The molecule has 1 amide bonds. The topological polar surface area (TPSA) is 81.4 Å². The number of thioether (sulfide) groups is 1. The maximum atomic E-state index is 13.1. The number of nitrogens with one attached hydrogen (secondary N) is 1. The fourth-order valence-electron chi connectivity index (χ4n) is 3.03. The number of nitrogens with zero attached hydrogens (tertiary/aromatic N) is 1. The molecule has 0 unspecified atom stereocenters. The van der Waals surface area contributed by atoms with Gasteiger partial charge in [0.15, 0.2) is 5.78 Å². The van der Waals surface area contributed by atoms with Crippen LogP contribution < -0.4 is 5.32 Å². The number of Topliss-reactive ketones (excluding diaryl/α,β-unsaturated/α-hetero) is 1. The minimum Gasteiger partial charge on any atom is -0.465 e. The molecular formula is C21H24N2O4S. The molecular weight excluding hydrogens is 376 g/mol. The van der Waals surface area contributed by atoms with E-state index >= 15 is 0 Å². The molecule has 1 aliphatic heterocycles. The monoisotopic (exact) mass is 400 g/mol. The first-order valence-corrected chi connectivity index (χ1v) is 10.3. The molecule has 1 fully saturated rings. The number of carbonyl (C=O) groups excluding carboxylic acids is 2. The zero-order chi connectivity index (χ0) is 19.8. The summed E-state index contributed by atoms with van der Waals surface area (Å²) >= 11 is 1.35. The highest BCUT2D eigenvalue weighted by atomic mass is 32.2. The lowest BCUT2D eigenvalue weighted by atomic mass is 9.93. The van der Waals surface area contributed by atoms with Gasteiger partial charge in [-0.3, -0.25) is 14.6 Å². The van der Waals surface area contributed by atoms with Gasteiger partial charge in [0.05, 0.1) is 23.5 Å². The van der Waals surface area contributed by atoms with Crippen LogP contribution in [0.1, 0.15) is 31.2 Å². The lowest BCUT2D eigenvalue weighted by molar-refractivity contribution is -0.121. The lowest BCUT2D eigenvalue weighted by Crippen LogP contribution is -2.27. The molecule has 1 saturated heterocycles. The molecule has 148 valence electrons. The second-order valence-corrected chi connectivity index (χ2v) is 7.55. The van der Waals surface area contributed by atoms with Crippen LogP contribution in [0.25, 0.3) is 5.57 Å². The van der Waals surface area contributed by atoms with Gasteiger partial charge < -0.3 is 14.5 Å². The Morgan fingerprint density at radius 2 is 2.04 bits per heavy atom. The van der Waals surface area contributed by atoms with Gasteiger partial charge in [-0.25, -0.2) is 0 Å². The highest BCUT2D eigenvalue weighted by Crippen LogP contribution is 2.32. The number of rotatable bonds is 8. The van der Waals surface area contributed by atoms with Gasteiger partial charge in [-0.2, -0.15) is 0 Å². The highest BCUT2D eigenvalue weighted by molar-refractivity contribution is 8.04. The van der Waals surface area contributed by atoms with Crippen molar-refractivity contribution in [2.45, 2.75) is 26.2 Å². The molecule has 28 heavy (non-hydrogen) atoms. The SMILES string of the molecule is C/C(=C(\SCNC(=O)Cc1ccccn1)C(=O)C1CCOCC1)c1ccco1. The van der Waals surface area contributed by atoms with Crippen molar-refractivity contribution in [2.24, 2.45) is 5.92 Å². The largest absolute Gasteiger partial charge is 0.465 e. The first-order valence-electron chi connectivity index (χ1n) is 9.31. The summed E-state index contributed by atoms with van der Waals surface area (Å²) in [6.07, 6.45) is 4.92. The minimum atomic E-state index is -0.125. The van der Waals surface area contributed by atoms with Crippen molar-refractivity contribution in [1.82, 2.24) is 10.3 Å². The number of pyridine rings is 1. The molecule has 3 heterocycles. The highest BCUT2D eigenvalue weighted by Gasteiger charge is 2.27. The molecule has 0 bridgehead atoms. The maximum absolute atomic E-state index is 13.1. The Bertz CT molecular complexity index is 812. The third-order valence-corrected chi connectivity index (χ3v) is 5.69. The first-order chi connectivity index (χ1) is 13.6. The van der Waals surface area contributed by atoms with Crippen molar-refractivity contribution >= 4 is 29.0 Å². The van der Waals surface area contributed by atoms with E-state index in [1.807, 2.05) is 31.2 Å². The number of hydrogen-bond donors (Lipinski definition) is 1. The second-order valence-electron chi connectivity index (χ2n) is 6.57. The van der Waals surface area contributed by atoms with E-state index in [-0.39, 0.29) is 24.0 Å². The Morgan fingerprint density at radius 1 is 1.21 bits per heavy atom. The fraction of sp³-hybridized carbons (Fsp3) is 0.381. The Kier molecular flexibility index (Phi) is 7.45. The predicted octanol–water partition coefficient (Wildman–Crippen LogP) is 3.45. The lowest BCUT2D eigenvalue weighted by Gasteiger charge is -2.22. The summed E-state index contributed by atoms with van der Waals surface area (Å²) in [5, 5.41) is 2.86. The van der Waals surface area contributed by atoms with Crippen molar-refractivity contribution in [3.05, 3.63) is 59.2 Å². The van der Waals surface area contributed by atoms with Crippen molar-refractivity contribution in [3.8, 4) is 0 Å². The maximum Gasteiger partial charge on any atom is 0.226 e. The van der Waals surface area contributed by atoms with Crippen LogP contribution in [0.15, 0.2) is 52.1 Å². The van der Waals surface area contributed by atoms with Gasteiger partial charge in [0, 0.05) is 36.6 Å². The Balaban J connectivity index is 1.65. The smallest absolute Gasteiger partial charge is 0.226 e. The van der Waals surface area contributed by atoms with E-state index in [0.29, 0.717) is 35.4 Å². The summed E-state index contributed by atoms with van der Waals surface area (Å²) in [5.74, 6) is 0.905. The average Bonchev–Trinajstić information content (AvgIpc) is 3.27. The third-order valence-electron chi connectivity index (χ3n) is 4.60. The molecule has 2 aromatic heterocycles. The summed E-state index contributed by atoms with van der Waals surface area (Å²) in [4.78, 5) is 30.1. The number of ether oxygens (including phenoxy) is 1. The van der Waals surface area contributed by atoms with Crippen molar-refractivity contribution in [2.75, 3.05) is 19.1 Å².